The minimum atomic E-state index is -0.878. The van der Waals surface area contributed by atoms with Crippen molar-refractivity contribution in [2.75, 3.05) is 25.7 Å². The molecule has 0 amide bonds. The van der Waals surface area contributed by atoms with Gasteiger partial charge in [0.2, 0.25) is 0 Å². The van der Waals surface area contributed by atoms with Crippen molar-refractivity contribution in [3.8, 4) is 17.2 Å². The van der Waals surface area contributed by atoms with Crippen LogP contribution in [0.4, 0.5) is 0 Å². The summed E-state index contributed by atoms with van der Waals surface area (Å²) < 4.78 is 15.4. The molecule has 0 aliphatic rings. The lowest BCUT2D eigenvalue weighted by Crippen LogP contribution is -2.14. The first-order valence-electron chi connectivity index (χ1n) is 8.49. The molecule has 6 nitrogen and oxygen atoms in total. The van der Waals surface area contributed by atoms with Crippen LogP contribution in [-0.2, 0) is 9.59 Å². The number of esters is 1. The third-order valence-corrected chi connectivity index (χ3v) is 6.23. The third kappa shape index (κ3) is 7.01. The van der Waals surface area contributed by atoms with E-state index in [1.54, 1.807) is 62.8 Å². The maximum Gasteiger partial charge on any atom is 0.312 e. The van der Waals surface area contributed by atoms with E-state index >= 15 is 0 Å². The Balaban J connectivity index is 1.72. The zero-order chi connectivity index (χ0) is 20.4. The Morgan fingerprint density at radius 3 is 1.96 bits per heavy atom. The number of methoxy groups -OCH3 is 2. The van der Waals surface area contributed by atoms with Crippen molar-refractivity contribution >= 4 is 33.5 Å². The van der Waals surface area contributed by atoms with Crippen LogP contribution in [0.5, 0.6) is 17.2 Å². The first kappa shape index (κ1) is 22.0. The van der Waals surface area contributed by atoms with Gasteiger partial charge in [0.05, 0.1) is 26.6 Å². The highest BCUT2D eigenvalue weighted by Gasteiger charge is 2.20. The molecule has 0 radical (unpaired) electrons. The van der Waals surface area contributed by atoms with Crippen molar-refractivity contribution < 1.29 is 28.9 Å². The van der Waals surface area contributed by atoms with Crippen LogP contribution in [0.3, 0.4) is 0 Å². The molecule has 0 heterocycles. The van der Waals surface area contributed by atoms with Gasteiger partial charge in [0.25, 0.3) is 0 Å². The zero-order valence-corrected chi connectivity index (χ0v) is 17.3. The lowest BCUT2D eigenvalue weighted by atomic mass is 10.0. The summed E-state index contributed by atoms with van der Waals surface area (Å²) in [6.07, 6.45) is 0.240. The first-order chi connectivity index (χ1) is 13.5. The van der Waals surface area contributed by atoms with Gasteiger partial charge in [0, 0.05) is 11.5 Å². The Kier molecular flexibility index (Phi) is 9.03. The summed E-state index contributed by atoms with van der Waals surface area (Å²) in [5.41, 5.74) is 0.723. The molecular formula is C20H22O6S2. The molecular weight excluding hydrogens is 400 g/mol. The number of hydrogen-bond acceptors (Lipinski definition) is 7. The molecule has 2 rings (SSSR count). The van der Waals surface area contributed by atoms with E-state index in [1.807, 2.05) is 0 Å². The standard InChI is InChI=1S/C20H22O6S2/c1-24-15-5-3-14(4-6-15)18(20(22)23)13-28-27-12-11-19(21)26-17-9-7-16(25-2)8-10-17/h3-10,18H,11-13H2,1-2H3,(H,22,23)/t18-/m0/s1. The molecule has 8 heteroatoms. The quantitative estimate of drug-likeness (QED) is 0.249. The maximum absolute atomic E-state index is 11.9. The van der Waals surface area contributed by atoms with Crippen molar-refractivity contribution in [3.63, 3.8) is 0 Å². The molecule has 28 heavy (non-hydrogen) atoms. The van der Waals surface area contributed by atoms with Crippen LogP contribution in [0.15, 0.2) is 48.5 Å². The second-order valence-electron chi connectivity index (χ2n) is 5.67. The van der Waals surface area contributed by atoms with Crippen molar-refractivity contribution in [1.29, 1.82) is 0 Å². The molecule has 2 aromatic carbocycles. The van der Waals surface area contributed by atoms with Gasteiger partial charge in [0.15, 0.2) is 0 Å². The van der Waals surface area contributed by atoms with Crippen molar-refractivity contribution in [2.24, 2.45) is 0 Å². The number of carbonyl (C=O) groups is 2. The normalized spacial score (nSPS) is 11.5. The minimum Gasteiger partial charge on any atom is -0.497 e. The highest BCUT2D eigenvalue weighted by molar-refractivity contribution is 8.76. The number of hydrogen-bond donors (Lipinski definition) is 1. The van der Waals surface area contributed by atoms with E-state index in [0.717, 1.165) is 5.56 Å². The van der Waals surface area contributed by atoms with Crippen molar-refractivity contribution in [3.05, 3.63) is 54.1 Å². The van der Waals surface area contributed by atoms with Crippen LogP contribution < -0.4 is 14.2 Å². The van der Waals surface area contributed by atoms with Gasteiger partial charge in [-0.1, -0.05) is 33.7 Å². The molecule has 0 unspecified atom stereocenters. The third-order valence-electron chi connectivity index (χ3n) is 3.81. The van der Waals surface area contributed by atoms with E-state index in [1.165, 1.54) is 21.6 Å². The Bertz CT molecular complexity index is 761. The molecule has 0 aliphatic heterocycles. The number of ether oxygens (including phenoxy) is 3. The molecule has 150 valence electrons. The van der Waals surface area contributed by atoms with E-state index in [2.05, 4.69) is 0 Å². The molecule has 0 saturated heterocycles. The summed E-state index contributed by atoms with van der Waals surface area (Å²) in [4.78, 5) is 23.4. The van der Waals surface area contributed by atoms with Gasteiger partial charge >= 0.3 is 11.9 Å². The van der Waals surface area contributed by atoms with E-state index < -0.39 is 11.9 Å². The van der Waals surface area contributed by atoms with Crippen LogP contribution in [0.25, 0.3) is 0 Å². The SMILES string of the molecule is COc1ccc(OC(=O)CCSSC[C@H](C(=O)O)c2ccc(OC)cc2)cc1. The smallest absolute Gasteiger partial charge is 0.312 e. The number of benzene rings is 2. The fourth-order valence-electron chi connectivity index (χ4n) is 2.27. The van der Waals surface area contributed by atoms with Gasteiger partial charge in [-0.05, 0) is 42.0 Å². The van der Waals surface area contributed by atoms with Crippen LogP contribution in [0.1, 0.15) is 17.9 Å². The molecule has 1 atom stereocenters. The Morgan fingerprint density at radius 2 is 1.43 bits per heavy atom. The Labute approximate surface area is 172 Å². The number of carboxylic acids is 1. The molecule has 0 bridgehead atoms. The molecule has 2 aromatic rings. The van der Waals surface area contributed by atoms with Gasteiger partial charge in [-0.15, -0.1) is 0 Å². The van der Waals surface area contributed by atoms with Gasteiger partial charge in [-0.2, -0.15) is 0 Å². The van der Waals surface area contributed by atoms with Gasteiger partial charge < -0.3 is 19.3 Å². The minimum absolute atomic E-state index is 0.240. The summed E-state index contributed by atoms with van der Waals surface area (Å²) in [7, 11) is 6.02. The fraction of sp³-hybridized carbons (Fsp3) is 0.300. The summed E-state index contributed by atoms with van der Waals surface area (Å²) in [5.74, 6) is 0.958. The highest BCUT2D eigenvalue weighted by atomic mass is 33.1. The monoisotopic (exact) mass is 422 g/mol. The second kappa shape index (κ2) is 11.5. The number of aliphatic carboxylic acids is 1. The summed E-state index contributed by atoms with van der Waals surface area (Å²) in [6, 6.07) is 13.8. The largest absolute Gasteiger partial charge is 0.497 e. The number of carbonyl (C=O) groups excluding carboxylic acids is 1. The van der Waals surface area contributed by atoms with E-state index in [4.69, 9.17) is 14.2 Å². The van der Waals surface area contributed by atoms with Gasteiger partial charge in [-0.25, -0.2) is 0 Å². The first-order valence-corrected chi connectivity index (χ1v) is 11.0. The van der Waals surface area contributed by atoms with Gasteiger partial charge in [0.1, 0.15) is 17.2 Å². The van der Waals surface area contributed by atoms with Crippen molar-refractivity contribution in [2.45, 2.75) is 12.3 Å². The Hall–Kier alpha value is -2.32. The number of rotatable bonds is 11. The predicted octanol–water partition coefficient (Wildman–Crippen LogP) is 4.25. The average Bonchev–Trinajstić information content (AvgIpc) is 2.71. The lowest BCUT2D eigenvalue weighted by molar-refractivity contribution is -0.138. The molecule has 0 aromatic heterocycles. The summed E-state index contributed by atoms with van der Waals surface area (Å²) in [6.45, 7) is 0. The topological polar surface area (TPSA) is 82.1 Å². The maximum atomic E-state index is 11.9. The van der Waals surface area contributed by atoms with Crippen LogP contribution in [0, 0.1) is 0 Å². The summed E-state index contributed by atoms with van der Waals surface area (Å²) >= 11 is 0. The van der Waals surface area contributed by atoms with Gasteiger partial charge in [-0.3, -0.25) is 9.59 Å². The molecule has 0 spiro atoms. The molecule has 0 fully saturated rings. The molecule has 0 aliphatic carbocycles. The predicted molar refractivity (Wildman–Crippen MR) is 112 cm³/mol. The fourth-order valence-corrected chi connectivity index (χ4v) is 4.51. The second-order valence-corrected chi connectivity index (χ2v) is 8.30. The average molecular weight is 423 g/mol. The zero-order valence-electron chi connectivity index (χ0n) is 15.6. The lowest BCUT2D eigenvalue weighted by Gasteiger charge is -2.12. The summed E-state index contributed by atoms with van der Waals surface area (Å²) in [5, 5.41) is 9.46. The van der Waals surface area contributed by atoms with Crippen LogP contribution in [-0.4, -0.2) is 42.8 Å². The van der Waals surface area contributed by atoms with E-state index in [-0.39, 0.29) is 12.4 Å². The number of carboxylic acid groups (broad SMARTS) is 1. The van der Waals surface area contributed by atoms with Crippen molar-refractivity contribution in [1.82, 2.24) is 0 Å². The molecule has 0 saturated carbocycles. The molecule has 1 N–H and O–H groups in total. The Morgan fingerprint density at radius 1 is 0.893 bits per heavy atom. The van der Waals surface area contributed by atoms with Crippen LogP contribution in [0.2, 0.25) is 0 Å². The van der Waals surface area contributed by atoms with E-state index in [0.29, 0.717) is 28.8 Å². The highest BCUT2D eigenvalue weighted by Crippen LogP contribution is 2.30. The van der Waals surface area contributed by atoms with Crippen LogP contribution >= 0.6 is 21.6 Å². The van der Waals surface area contributed by atoms with E-state index in [9.17, 15) is 14.7 Å².